The number of methoxy groups -OCH3 is 3. The summed E-state index contributed by atoms with van der Waals surface area (Å²) < 4.78 is 16.2. The van der Waals surface area contributed by atoms with Crippen molar-refractivity contribution in [3.05, 3.63) is 89.0 Å². The number of carbonyl (C=O) groups is 2. The summed E-state index contributed by atoms with van der Waals surface area (Å²) in [6, 6.07) is 18.9. The van der Waals surface area contributed by atoms with E-state index in [-0.39, 0.29) is 23.4 Å². The summed E-state index contributed by atoms with van der Waals surface area (Å²) in [5, 5.41) is 11.5. The van der Waals surface area contributed by atoms with Gasteiger partial charge in [-0.3, -0.25) is 9.59 Å². The second kappa shape index (κ2) is 10.7. The Bertz CT molecular complexity index is 1350. The van der Waals surface area contributed by atoms with Gasteiger partial charge in [0, 0.05) is 25.3 Å². The highest BCUT2D eigenvalue weighted by Crippen LogP contribution is 2.43. The Balaban J connectivity index is 1.91. The fraction of sp³-hybridized carbons (Fsp3) is 0.241. The van der Waals surface area contributed by atoms with Gasteiger partial charge in [0.05, 0.1) is 45.1 Å². The number of benzene rings is 3. The number of carbonyl (C=O) groups excluding carboxylic acids is 2. The average Bonchev–Trinajstić information content (AvgIpc) is 3.17. The Hall–Kier alpha value is -4.46. The molecule has 3 aromatic carbocycles. The number of aliphatic hydroxyl groups is 1. The van der Waals surface area contributed by atoms with Gasteiger partial charge in [0.25, 0.3) is 11.7 Å². The Morgan fingerprint density at radius 1 is 0.892 bits per heavy atom. The number of hydrogen-bond acceptors (Lipinski definition) is 7. The van der Waals surface area contributed by atoms with Crippen LogP contribution in [-0.4, -0.2) is 57.1 Å². The molecule has 0 aromatic heterocycles. The van der Waals surface area contributed by atoms with Crippen molar-refractivity contribution < 1.29 is 28.9 Å². The minimum atomic E-state index is -0.836. The fourth-order valence-corrected chi connectivity index (χ4v) is 4.51. The van der Waals surface area contributed by atoms with E-state index in [1.807, 2.05) is 61.5 Å². The third kappa shape index (κ3) is 4.82. The van der Waals surface area contributed by atoms with Crippen molar-refractivity contribution in [3.63, 3.8) is 0 Å². The maximum Gasteiger partial charge on any atom is 0.295 e. The topological polar surface area (TPSA) is 88.5 Å². The van der Waals surface area contributed by atoms with E-state index in [1.54, 1.807) is 31.4 Å². The smallest absolute Gasteiger partial charge is 0.295 e. The molecule has 1 amide bonds. The SMILES string of the molecule is COc1ccc(OC)c(/C(O)=C2\C(=O)C(=O)N(Cc3ccccc3OC)C2c2ccc(N(C)C)cc2)c1. The lowest BCUT2D eigenvalue weighted by atomic mass is 9.94. The number of hydrogen-bond donors (Lipinski definition) is 1. The molecule has 1 saturated heterocycles. The first kappa shape index (κ1) is 25.6. The predicted octanol–water partition coefficient (Wildman–Crippen LogP) is 4.40. The Morgan fingerprint density at radius 2 is 1.57 bits per heavy atom. The lowest BCUT2D eigenvalue weighted by molar-refractivity contribution is -0.140. The first-order valence-corrected chi connectivity index (χ1v) is 11.7. The van der Waals surface area contributed by atoms with Gasteiger partial charge in [0.1, 0.15) is 23.0 Å². The van der Waals surface area contributed by atoms with Crippen LogP contribution in [0.15, 0.2) is 72.3 Å². The quantitative estimate of drug-likeness (QED) is 0.277. The minimum absolute atomic E-state index is 0.0240. The molecule has 192 valence electrons. The van der Waals surface area contributed by atoms with E-state index in [9.17, 15) is 14.7 Å². The molecule has 1 heterocycles. The summed E-state index contributed by atoms with van der Waals surface area (Å²) in [5.41, 5.74) is 2.61. The Labute approximate surface area is 216 Å². The van der Waals surface area contributed by atoms with Crippen LogP contribution in [0.25, 0.3) is 5.76 Å². The molecule has 1 atom stereocenters. The van der Waals surface area contributed by atoms with Crippen LogP contribution in [0.3, 0.4) is 0 Å². The number of amides is 1. The van der Waals surface area contributed by atoms with Crippen LogP contribution in [-0.2, 0) is 16.1 Å². The van der Waals surface area contributed by atoms with Crippen LogP contribution in [0.5, 0.6) is 17.2 Å². The van der Waals surface area contributed by atoms with Crippen LogP contribution >= 0.6 is 0 Å². The van der Waals surface area contributed by atoms with Crippen molar-refractivity contribution in [2.24, 2.45) is 0 Å². The van der Waals surface area contributed by atoms with E-state index in [0.29, 0.717) is 22.8 Å². The standard InChI is InChI=1S/C29H30N2O6/c1-30(2)20-12-10-18(11-13-20)26-25(27(32)22-16-21(35-3)14-15-24(22)37-5)28(33)29(34)31(26)17-19-8-6-7-9-23(19)36-4/h6-16,26,32H,17H2,1-5H3/b27-25+. The molecule has 3 aromatic rings. The molecule has 1 unspecified atom stereocenters. The van der Waals surface area contributed by atoms with Crippen LogP contribution < -0.4 is 19.1 Å². The van der Waals surface area contributed by atoms with Crippen molar-refractivity contribution in [1.82, 2.24) is 4.90 Å². The molecule has 1 aliphatic rings. The zero-order valence-electron chi connectivity index (χ0n) is 21.5. The third-order valence-electron chi connectivity index (χ3n) is 6.46. The van der Waals surface area contributed by atoms with E-state index in [1.165, 1.54) is 19.1 Å². The van der Waals surface area contributed by atoms with E-state index in [0.717, 1.165) is 11.3 Å². The largest absolute Gasteiger partial charge is 0.507 e. The number of aliphatic hydroxyl groups excluding tert-OH is 1. The molecule has 1 fully saturated rings. The molecule has 0 spiro atoms. The van der Waals surface area contributed by atoms with Crippen molar-refractivity contribution >= 4 is 23.1 Å². The fourth-order valence-electron chi connectivity index (χ4n) is 4.51. The highest BCUT2D eigenvalue weighted by atomic mass is 16.5. The first-order valence-electron chi connectivity index (χ1n) is 11.7. The Kier molecular flexibility index (Phi) is 7.38. The van der Waals surface area contributed by atoms with Gasteiger partial charge >= 0.3 is 0 Å². The van der Waals surface area contributed by atoms with Crippen molar-refractivity contribution in [3.8, 4) is 17.2 Å². The summed E-state index contributed by atoms with van der Waals surface area (Å²) in [4.78, 5) is 30.3. The van der Waals surface area contributed by atoms with Gasteiger partial charge in [0.2, 0.25) is 0 Å². The maximum atomic E-state index is 13.5. The van der Waals surface area contributed by atoms with Gasteiger partial charge in [-0.25, -0.2) is 0 Å². The van der Waals surface area contributed by atoms with Crippen LogP contribution in [0.4, 0.5) is 5.69 Å². The Morgan fingerprint density at radius 3 is 2.19 bits per heavy atom. The average molecular weight is 503 g/mol. The van der Waals surface area contributed by atoms with Crippen LogP contribution in [0.2, 0.25) is 0 Å². The first-order chi connectivity index (χ1) is 17.8. The zero-order valence-corrected chi connectivity index (χ0v) is 21.5. The van der Waals surface area contributed by atoms with E-state index < -0.39 is 17.7 Å². The molecular formula is C29H30N2O6. The van der Waals surface area contributed by atoms with E-state index in [4.69, 9.17) is 14.2 Å². The number of ether oxygens (including phenoxy) is 3. The van der Waals surface area contributed by atoms with Gasteiger partial charge < -0.3 is 29.1 Å². The van der Waals surface area contributed by atoms with Crippen molar-refractivity contribution in [2.75, 3.05) is 40.3 Å². The summed E-state index contributed by atoms with van der Waals surface area (Å²) in [5.74, 6) is -0.415. The highest BCUT2D eigenvalue weighted by molar-refractivity contribution is 6.46. The molecule has 37 heavy (non-hydrogen) atoms. The van der Waals surface area contributed by atoms with Crippen LogP contribution in [0, 0.1) is 0 Å². The van der Waals surface area contributed by atoms with Crippen LogP contribution in [0.1, 0.15) is 22.7 Å². The highest BCUT2D eigenvalue weighted by Gasteiger charge is 2.46. The van der Waals surface area contributed by atoms with Gasteiger partial charge in [0.15, 0.2) is 0 Å². The normalized spacial score (nSPS) is 16.6. The number of anilines is 1. The number of rotatable bonds is 8. The molecule has 0 saturated carbocycles. The maximum absolute atomic E-state index is 13.5. The van der Waals surface area contributed by atoms with Gasteiger partial charge in [-0.05, 0) is 42.0 Å². The molecule has 1 aliphatic heterocycles. The lowest BCUT2D eigenvalue weighted by Crippen LogP contribution is -2.29. The third-order valence-corrected chi connectivity index (χ3v) is 6.46. The summed E-state index contributed by atoms with van der Waals surface area (Å²) >= 11 is 0. The number of nitrogens with zero attached hydrogens (tertiary/aromatic N) is 2. The van der Waals surface area contributed by atoms with Crippen molar-refractivity contribution in [1.29, 1.82) is 0 Å². The van der Waals surface area contributed by atoms with Crippen molar-refractivity contribution in [2.45, 2.75) is 12.6 Å². The molecule has 8 nitrogen and oxygen atoms in total. The summed E-state index contributed by atoms with van der Waals surface area (Å²) in [6.07, 6.45) is 0. The molecular weight excluding hydrogens is 472 g/mol. The molecule has 0 aliphatic carbocycles. The van der Waals surface area contributed by atoms with Gasteiger partial charge in [-0.1, -0.05) is 30.3 Å². The van der Waals surface area contributed by atoms with Gasteiger partial charge in [-0.2, -0.15) is 0 Å². The minimum Gasteiger partial charge on any atom is -0.507 e. The molecule has 8 heteroatoms. The summed E-state index contributed by atoms with van der Waals surface area (Å²) in [6.45, 7) is 0.112. The monoisotopic (exact) mass is 502 g/mol. The number of Topliss-reactive ketones (excluding diaryl/α,β-unsaturated/α-hetero) is 1. The lowest BCUT2D eigenvalue weighted by Gasteiger charge is -2.26. The predicted molar refractivity (Wildman–Crippen MR) is 141 cm³/mol. The zero-order chi connectivity index (χ0) is 26.7. The second-order valence-electron chi connectivity index (χ2n) is 8.79. The number of ketones is 1. The molecule has 0 bridgehead atoms. The van der Waals surface area contributed by atoms with E-state index >= 15 is 0 Å². The van der Waals surface area contributed by atoms with Gasteiger partial charge in [-0.15, -0.1) is 0 Å². The van der Waals surface area contributed by atoms with E-state index in [2.05, 4.69) is 0 Å². The molecule has 0 radical (unpaired) electrons. The molecule has 1 N–H and O–H groups in total. The summed E-state index contributed by atoms with van der Waals surface area (Å²) in [7, 11) is 8.38. The number of para-hydroxylation sites is 1. The molecule has 4 rings (SSSR count). The number of likely N-dealkylation sites (tertiary alicyclic amines) is 1. The second-order valence-corrected chi connectivity index (χ2v) is 8.79.